The van der Waals surface area contributed by atoms with Crippen molar-refractivity contribution in [1.29, 1.82) is 0 Å². The van der Waals surface area contributed by atoms with E-state index in [1.54, 1.807) is 0 Å². The molecule has 20 heavy (non-hydrogen) atoms. The molecule has 3 nitrogen and oxygen atoms in total. The van der Waals surface area contributed by atoms with Crippen LogP contribution in [0.3, 0.4) is 0 Å². The lowest BCUT2D eigenvalue weighted by molar-refractivity contribution is -0.00665. The first-order chi connectivity index (χ1) is 9.63. The minimum absolute atomic E-state index is 0.163. The van der Waals surface area contributed by atoms with Crippen LogP contribution in [0.2, 0.25) is 0 Å². The maximum Gasteiger partial charge on any atom is 0.126 e. The highest BCUT2D eigenvalue weighted by Crippen LogP contribution is 2.26. The first kappa shape index (κ1) is 15.4. The largest absolute Gasteiger partial charge is 0.377 e. The molecule has 2 rings (SSSR count). The van der Waals surface area contributed by atoms with Crippen LogP contribution in [0.15, 0.2) is 18.2 Å². The second-order valence-corrected chi connectivity index (χ2v) is 5.17. The summed E-state index contributed by atoms with van der Waals surface area (Å²) in [4.78, 5) is 2.16. The highest BCUT2D eigenvalue weighted by Gasteiger charge is 2.26. The summed E-state index contributed by atoms with van der Waals surface area (Å²) in [6.45, 7) is 4.63. The third-order valence-electron chi connectivity index (χ3n) is 3.75. The second kappa shape index (κ2) is 7.11. The van der Waals surface area contributed by atoms with Crippen LogP contribution in [0.25, 0.3) is 0 Å². The van der Waals surface area contributed by atoms with Gasteiger partial charge in [-0.15, -0.1) is 0 Å². The van der Waals surface area contributed by atoms with Gasteiger partial charge in [0.1, 0.15) is 11.6 Å². The molecule has 0 spiro atoms. The summed E-state index contributed by atoms with van der Waals surface area (Å²) in [5, 5.41) is 0. The lowest BCUT2D eigenvalue weighted by atomic mass is 10.00. The smallest absolute Gasteiger partial charge is 0.126 e. The van der Waals surface area contributed by atoms with Crippen LogP contribution in [0, 0.1) is 11.6 Å². The number of nitrogens with zero attached hydrogens (tertiary/aromatic N) is 1. The molecule has 1 aromatic carbocycles. The van der Waals surface area contributed by atoms with Crippen molar-refractivity contribution in [3.8, 4) is 0 Å². The molecule has 0 amide bonds. The summed E-state index contributed by atoms with van der Waals surface area (Å²) in [5.41, 5.74) is 6.43. The van der Waals surface area contributed by atoms with Crippen LogP contribution < -0.4 is 5.73 Å². The molecule has 5 heteroatoms. The molecule has 1 saturated heterocycles. The Kier molecular flexibility index (Phi) is 5.46. The van der Waals surface area contributed by atoms with E-state index in [0.717, 1.165) is 32.0 Å². The average molecular weight is 284 g/mol. The molecule has 0 aromatic heterocycles. The standard InChI is InChI=1S/C15H22F2N2O/c1-2-20-14-4-3-5-19(10-14)15(9-18)11-6-12(16)8-13(17)7-11/h6-8,14-15H,2-5,9-10,18H2,1H3. The number of nitrogens with two attached hydrogens (primary N) is 1. The minimum atomic E-state index is -0.559. The van der Waals surface area contributed by atoms with E-state index in [0.29, 0.717) is 18.7 Å². The van der Waals surface area contributed by atoms with Gasteiger partial charge in [-0.25, -0.2) is 8.78 Å². The van der Waals surface area contributed by atoms with E-state index in [4.69, 9.17) is 10.5 Å². The zero-order valence-electron chi connectivity index (χ0n) is 11.8. The van der Waals surface area contributed by atoms with Crippen molar-refractivity contribution in [2.75, 3.05) is 26.2 Å². The van der Waals surface area contributed by atoms with Gasteiger partial charge in [0.2, 0.25) is 0 Å². The van der Waals surface area contributed by atoms with Crippen molar-refractivity contribution in [3.63, 3.8) is 0 Å². The molecule has 2 atom stereocenters. The van der Waals surface area contributed by atoms with Gasteiger partial charge in [0, 0.05) is 31.8 Å². The van der Waals surface area contributed by atoms with Crippen molar-refractivity contribution in [3.05, 3.63) is 35.4 Å². The first-order valence-electron chi connectivity index (χ1n) is 7.15. The number of halogens is 2. The molecule has 1 aliphatic heterocycles. The number of benzene rings is 1. The van der Waals surface area contributed by atoms with Crippen LogP contribution in [0.4, 0.5) is 8.78 Å². The van der Waals surface area contributed by atoms with Crippen LogP contribution in [-0.4, -0.2) is 37.2 Å². The maximum absolute atomic E-state index is 13.4. The molecule has 112 valence electrons. The zero-order chi connectivity index (χ0) is 14.5. The van der Waals surface area contributed by atoms with Gasteiger partial charge in [-0.3, -0.25) is 4.90 Å². The minimum Gasteiger partial charge on any atom is -0.377 e. The van der Waals surface area contributed by atoms with Crippen LogP contribution in [0.1, 0.15) is 31.4 Å². The highest BCUT2D eigenvalue weighted by molar-refractivity contribution is 5.22. The topological polar surface area (TPSA) is 38.5 Å². The molecule has 1 fully saturated rings. The fourth-order valence-corrected chi connectivity index (χ4v) is 2.88. The van der Waals surface area contributed by atoms with Crippen LogP contribution in [0.5, 0.6) is 0 Å². The number of hydrogen-bond acceptors (Lipinski definition) is 3. The van der Waals surface area contributed by atoms with Gasteiger partial charge in [-0.05, 0) is 44.0 Å². The van der Waals surface area contributed by atoms with Gasteiger partial charge < -0.3 is 10.5 Å². The molecular formula is C15H22F2N2O. The SMILES string of the molecule is CCOC1CCCN(C(CN)c2cc(F)cc(F)c2)C1. The Labute approximate surface area is 118 Å². The second-order valence-electron chi connectivity index (χ2n) is 5.17. The van der Waals surface area contributed by atoms with Crippen LogP contribution >= 0.6 is 0 Å². The van der Waals surface area contributed by atoms with E-state index in [9.17, 15) is 8.78 Å². The number of likely N-dealkylation sites (tertiary alicyclic amines) is 1. The normalized spacial score (nSPS) is 21.9. The number of ether oxygens (including phenoxy) is 1. The van der Waals surface area contributed by atoms with Gasteiger partial charge >= 0.3 is 0 Å². The molecule has 0 saturated carbocycles. The lowest BCUT2D eigenvalue weighted by Gasteiger charge is -2.37. The predicted octanol–water partition coefficient (Wildman–Crippen LogP) is 2.47. The Morgan fingerprint density at radius 1 is 1.35 bits per heavy atom. The monoisotopic (exact) mass is 284 g/mol. The summed E-state index contributed by atoms with van der Waals surface area (Å²) >= 11 is 0. The third kappa shape index (κ3) is 3.75. The van der Waals surface area contributed by atoms with Gasteiger partial charge in [0.25, 0.3) is 0 Å². The molecule has 2 N–H and O–H groups in total. The van der Waals surface area contributed by atoms with Gasteiger partial charge in [0.15, 0.2) is 0 Å². The number of hydrogen-bond donors (Lipinski definition) is 1. The number of piperidine rings is 1. The van der Waals surface area contributed by atoms with E-state index < -0.39 is 11.6 Å². The molecular weight excluding hydrogens is 262 g/mol. The van der Waals surface area contributed by atoms with Crippen molar-refractivity contribution in [2.24, 2.45) is 5.73 Å². The molecule has 1 heterocycles. The maximum atomic E-state index is 13.4. The molecule has 1 aliphatic rings. The Morgan fingerprint density at radius 2 is 2.05 bits per heavy atom. The fraction of sp³-hybridized carbons (Fsp3) is 0.600. The zero-order valence-corrected chi connectivity index (χ0v) is 11.8. The van der Waals surface area contributed by atoms with Gasteiger partial charge in [0.05, 0.1) is 6.10 Å². The number of rotatable bonds is 5. The Balaban J connectivity index is 2.14. The summed E-state index contributed by atoms with van der Waals surface area (Å²) < 4.78 is 32.4. The third-order valence-corrected chi connectivity index (χ3v) is 3.75. The van der Waals surface area contributed by atoms with E-state index in [1.165, 1.54) is 12.1 Å². The van der Waals surface area contributed by atoms with Crippen molar-refractivity contribution in [2.45, 2.75) is 31.9 Å². The summed E-state index contributed by atoms with van der Waals surface area (Å²) in [6, 6.07) is 3.45. The quantitative estimate of drug-likeness (QED) is 0.902. The Bertz CT molecular complexity index is 420. The van der Waals surface area contributed by atoms with Crippen molar-refractivity contribution < 1.29 is 13.5 Å². The molecule has 2 unspecified atom stereocenters. The van der Waals surface area contributed by atoms with Gasteiger partial charge in [-0.2, -0.15) is 0 Å². The van der Waals surface area contributed by atoms with E-state index in [1.807, 2.05) is 6.92 Å². The Hall–Kier alpha value is -1.04. The Morgan fingerprint density at radius 3 is 2.65 bits per heavy atom. The average Bonchev–Trinajstić information content (AvgIpc) is 2.39. The van der Waals surface area contributed by atoms with E-state index in [2.05, 4.69) is 4.90 Å². The van der Waals surface area contributed by atoms with Crippen molar-refractivity contribution in [1.82, 2.24) is 4.90 Å². The summed E-state index contributed by atoms with van der Waals surface area (Å²) in [7, 11) is 0. The fourth-order valence-electron chi connectivity index (χ4n) is 2.88. The van der Waals surface area contributed by atoms with E-state index in [-0.39, 0.29) is 12.1 Å². The molecule has 0 radical (unpaired) electrons. The van der Waals surface area contributed by atoms with Crippen molar-refractivity contribution >= 4 is 0 Å². The first-order valence-corrected chi connectivity index (χ1v) is 7.15. The molecule has 0 bridgehead atoms. The highest BCUT2D eigenvalue weighted by atomic mass is 19.1. The summed E-state index contributed by atoms with van der Waals surface area (Å²) in [6.07, 6.45) is 2.22. The van der Waals surface area contributed by atoms with Gasteiger partial charge in [-0.1, -0.05) is 0 Å². The predicted molar refractivity (Wildman–Crippen MR) is 74.4 cm³/mol. The summed E-state index contributed by atoms with van der Waals surface area (Å²) in [5.74, 6) is -1.12. The molecule has 1 aromatic rings. The van der Waals surface area contributed by atoms with Crippen LogP contribution in [-0.2, 0) is 4.74 Å². The lowest BCUT2D eigenvalue weighted by Crippen LogP contribution is -2.44. The van der Waals surface area contributed by atoms with E-state index >= 15 is 0 Å². The molecule has 0 aliphatic carbocycles.